The number of hydrogen-bond acceptors (Lipinski definition) is 9. The molecule has 0 bridgehead atoms. The molecule has 0 spiro atoms. The van der Waals surface area contributed by atoms with Gasteiger partial charge in [-0.3, -0.25) is 9.69 Å². The standard InChI is InChI=1S/C36H52FN3O7/c1-25-4-6-32(41)24-34(42)47-35(27(3)20-28-21-29(37)23-31(22-28)39-14-18-45-19-15-39)26(2)5-7-33(25)46-36(43)40-12-10-38(11-13-40)30-8-16-44-17-9-30/h5,7,20-23,25-26,30,32-33,35,41H,4,6,8-19,24H2,1-3H3/b7-5+,27-20+/t25-,26-,32+,33-,35-/m0/s1. The highest BCUT2D eigenvalue weighted by molar-refractivity contribution is 5.71. The topological polar surface area (TPSA) is 101 Å². The van der Waals surface area contributed by atoms with Gasteiger partial charge in [0.15, 0.2) is 0 Å². The summed E-state index contributed by atoms with van der Waals surface area (Å²) in [5, 5.41) is 10.7. The van der Waals surface area contributed by atoms with E-state index < -0.39 is 24.3 Å². The third-order valence-electron chi connectivity index (χ3n) is 9.90. The lowest BCUT2D eigenvalue weighted by atomic mass is 9.91. The van der Waals surface area contributed by atoms with Crippen molar-refractivity contribution in [1.29, 1.82) is 0 Å². The number of halogens is 1. The van der Waals surface area contributed by atoms with Crippen LogP contribution in [0.5, 0.6) is 0 Å². The molecule has 1 N–H and O–H groups in total. The molecule has 11 heteroatoms. The minimum absolute atomic E-state index is 0.0722. The summed E-state index contributed by atoms with van der Waals surface area (Å²) in [7, 11) is 0. The van der Waals surface area contributed by atoms with Crippen LogP contribution in [-0.4, -0.2) is 117 Å². The highest BCUT2D eigenvalue weighted by Crippen LogP contribution is 2.28. The molecule has 0 radical (unpaired) electrons. The Hall–Kier alpha value is -2.99. The Labute approximate surface area is 278 Å². The fourth-order valence-electron chi connectivity index (χ4n) is 6.99. The van der Waals surface area contributed by atoms with Crippen LogP contribution >= 0.6 is 0 Å². The first-order chi connectivity index (χ1) is 22.7. The van der Waals surface area contributed by atoms with Gasteiger partial charge in [-0.2, -0.15) is 0 Å². The van der Waals surface area contributed by atoms with E-state index in [1.165, 1.54) is 12.1 Å². The number of ether oxygens (including phenoxy) is 4. The molecule has 10 nitrogen and oxygen atoms in total. The van der Waals surface area contributed by atoms with Crippen molar-refractivity contribution in [3.05, 3.63) is 47.3 Å². The predicted octanol–water partition coefficient (Wildman–Crippen LogP) is 4.65. The average molecular weight is 658 g/mol. The Bertz CT molecular complexity index is 1250. The molecule has 4 heterocycles. The maximum Gasteiger partial charge on any atom is 0.410 e. The SMILES string of the molecule is C/C(=C\c1cc(F)cc(N2CCOCC2)c1)[C@H]1OC(=O)C[C@H](O)CC[C@H](C)[C@@H](OC(=O)N2CCN(C3CCOCC3)CC2)/C=C/[C@@H]1C. The molecular weight excluding hydrogens is 605 g/mol. The van der Waals surface area contributed by atoms with E-state index >= 15 is 0 Å². The number of rotatable bonds is 5. The third kappa shape index (κ3) is 10.0. The second kappa shape index (κ2) is 16.9. The van der Waals surface area contributed by atoms with Crippen molar-refractivity contribution in [3.63, 3.8) is 0 Å². The van der Waals surface area contributed by atoms with E-state index in [9.17, 15) is 19.1 Å². The van der Waals surface area contributed by atoms with Crippen LogP contribution < -0.4 is 4.90 Å². The van der Waals surface area contributed by atoms with Gasteiger partial charge in [-0.1, -0.05) is 26.0 Å². The quantitative estimate of drug-likeness (QED) is 0.358. The van der Waals surface area contributed by atoms with Crippen molar-refractivity contribution in [1.82, 2.24) is 9.80 Å². The maximum absolute atomic E-state index is 14.7. The third-order valence-corrected chi connectivity index (χ3v) is 9.90. The van der Waals surface area contributed by atoms with Crippen molar-refractivity contribution >= 4 is 23.8 Å². The van der Waals surface area contributed by atoms with Gasteiger partial charge in [0.25, 0.3) is 0 Å². The van der Waals surface area contributed by atoms with Gasteiger partial charge in [-0.05, 0) is 73.9 Å². The van der Waals surface area contributed by atoms with Crippen LogP contribution in [0.15, 0.2) is 35.9 Å². The molecule has 0 aliphatic carbocycles. The molecule has 0 aromatic heterocycles. The van der Waals surface area contributed by atoms with Crippen LogP contribution in [0.25, 0.3) is 6.08 Å². The maximum atomic E-state index is 14.7. The lowest BCUT2D eigenvalue weighted by Gasteiger charge is -2.40. The molecule has 4 aliphatic heterocycles. The Balaban J connectivity index is 1.29. The molecule has 3 fully saturated rings. The number of cyclic esters (lactones) is 1. The van der Waals surface area contributed by atoms with Gasteiger partial charge in [0.1, 0.15) is 18.0 Å². The van der Waals surface area contributed by atoms with Crippen molar-refractivity contribution in [2.45, 2.75) is 77.2 Å². The average Bonchev–Trinajstić information content (AvgIpc) is 3.07. The van der Waals surface area contributed by atoms with Crippen LogP contribution in [0.4, 0.5) is 14.9 Å². The number of morpholine rings is 1. The summed E-state index contributed by atoms with van der Waals surface area (Å²) in [6, 6.07) is 5.43. The largest absolute Gasteiger partial charge is 0.457 e. The Morgan fingerprint density at radius 2 is 1.64 bits per heavy atom. The number of amides is 1. The number of piperazine rings is 1. The number of hydrogen-bond donors (Lipinski definition) is 1. The van der Waals surface area contributed by atoms with Gasteiger partial charge >= 0.3 is 12.1 Å². The molecular formula is C36H52FN3O7. The van der Waals surface area contributed by atoms with Crippen molar-refractivity contribution in [3.8, 4) is 0 Å². The second-order valence-electron chi connectivity index (χ2n) is 13.5. The molecule has 1 aromatic rings. The highest BCUT2D eigenvalue weighted by Gasteiger charge is 2.31. The Morgan fingerprint density at radius 1 is 0.936 bits per heavy atom. The molecule has 5 atom stereocenters. The molecule has 47 heavy (non-hydrogen) atoms. The summed E-state index contributed by atoms with van der Waals surface area (Å²) in [4.78, 5) is 32.6. The van der Waals surface area contributed by atoms with Gasteiger partial charge in [0, 0.05) is 70.1 Å². The first-order valence-corrected chi connectivity index (χ1v) is 17.3. The van der Waals surface area contributed by atoms with Crippen molar-refractivity contribution in [2.24, 2.45) is 11.8 Å². The number of aliphatic hydroxyl groups is 1. The molecule has 5 rings (SSSR count). The number of carbonyl (C=O) groups is 2. The molecule has 1 amide bonds. The Kier molecular flexibility index (Phi) is 12.7. The highest BCUT2D eigenvalue weighted by atomic mass is 19.1. The van der Waals surface area contributed by atoms with Gasteiger partial charge < -0.3 is 33.9 Å². The zero-order valence-corrected chi connectivity index (χ0v) is 28.2. The minimum Gasteiger partial charge on any atom is -0.457 e. The number of esters is 1. The lowest BCUT2D eigenvalue weighted by molar-refractivity contribution is -0.151. The van der Waals surface area contributed by atoms with Crippen molar-refractivity contribution < 1.29 is 38.0 Å². The molecule has 3 saturated heterocycles. The fourth-order valence-corrected chi connectivity index (χ4v) is 6.99. The van der Waals surface area contributed by atoms with E-state index in [0.29, 0.717) is 63.8 Å². The number of nitrogens with zero attached hydrogens (tertiary/aromatic N) is 3. The zero-order valence-electron chi connectivity index (χ0n) is 28.2. The molecule has 0 unspecified atom stereocenters. The van der Waals surface area contributed by atoms with Crippen LogP contribution in [0.3, 0.4) is 0 Å². The molecule has 1 aromatic carbocycles. The summed E-state index contributed by atoms with van der Waals surface area (Å²) < 4.78 is 37.7. The molecule has 4 aliphatic rings. The second-order valence-corrected chi connectivity index (χ2v) is 13.5. The van der Waals surface area contributed by atoms with Gasteiger partial charge in [-0.15, -0.1) is 0 Å². The normalized spacial score (nSPS) is 30.2. The fraction of sp³-hybridized carbons (Fsp3) is 0.667. The summed E-state index contributed by atoms with van der Waals surface area (Å²) in [5.74, 6) is -1.18. The van der Waals surface area contributed by atoms with Gasteiger partial charge in [-0.25, -0.2) is 9.18 Å². The zero-order chi connectivity index (χ0) is 33.3. The lowest BCUT2D eigenvalue weighted by Crippen LogP contribution is -2.53. The summed E-state index contributed by atoms with van der Waals surface area (Å²) in [5.41, 5.74) is 2.19. The minimum atomic E-state index is -0.873. The van der Waals surface area contributed by atoms with E-state index in [4.69, 9.17) is 18.9 Å². The number of anilines is 1. The number of benzene rings is 1. The van der Waals surface area contributed by atoms with E-state index in [2.05, 4.69) is 9.80 Å². The van der Waals surface area contributed by atoms with E-state index in [1.807, 2.05) is 45.1 Å². The first-order valence-electron chi connectivity index (χ1n) is 17.3. The monoisotopic (exact) mass is 657 g/mol. The van der Waals surface area contributed by atoms with Gasteiger partial charge in [0.05, 0.1) is 25.7 Å². The van der Waals surface area contributed by atoms with Crippen LogP contribution in [0, 0.1) is 17.7 Å². The van der Waals surface area contributed by atoms with Crippen LogP contribution in [0.2, 0.25) is 0 Å². The molecule has 0 saturated carbocycles. The van der Waals surface area contributed by atoms with Crippen LogP contribution in [-0.2, 0) is 23.7 Å². The molecule has 260 valence electrons. The number of carbonyl (C=O) groups excluding carboxylic acids is 2. The van der Waals surface area contributed by atoms with Crippen LogP contribution in [0.1, 0.15) is 58.4 Å². The first kappa shape index (κ1) is 35.3. The van der Waals surface area contributed by atoms with Crippen molar-refractivity contribution in [2.75, 3.05) is 70.6 Å². The van der Waals surface area contributed by atoms with E-state index in [0.717, 1.165) is 50.4 Å². The number of aliphatic hydroxyl groups excluding tert-OH is 1. The van der Waals surface area contributed by atoms with E-state index in [1.54, 1.807) is 4.90 Å². The van der Waals surface area contributed by atoms with E-state index in [-0.39, 0.29) is 30.2 Å². The van der Waals surface area contributed by atoms with Gasteiger partial charge in [0.2, 0.25) is 0 Å². The Morgan fingerprint density at radius 3 is 2.36 bits per heavy atom. The smallest absolute Gasteiger partial charge is 0.410 e. The summed E-state index contributed by atoms with van der Waals surface area (Å²) >= 11 is 0. The summed E-state index contributed by atoms with van der Waals surface area (Å²) in [6.45, 7) is 12.8. The summed E-state index contributed by atoms with van der Waals surface area (Å²) in [6.07, 6.45) is 6.19. The predicted molar refractivity (Wildman–Crippen MR) is 178 cm³/mol.